The van der Waals surface area contributed by atoms with E-state index in [0.29, 0.717) is 0 Å². The van der Waals surface area contributed by atoms with Crippen molar-refractivity contribution in [2.45, 2.75) is 37.5 Å². The van der Waals surface area contributed by atoms with Gasteiger partial charge in [-0.2, -0.15) is 0 Å². The maximum atomic E-state index is 6.47. The topological polar surface area (TPSA) is 9.23 Å². The van der Waals surface area contributed by atoms with E-state index >= 15 is 0 Å². The zero-order valence-electron chi connectivity index (χ0n) is 25.3. The van der Waals surface area contributed by atoms with Crippen LogP contribution in [0.3, 0.4) is 0 Å². The molecule has 0 radical (unpaired) electrons. The van der Waals surface area contributed by atoms with Crippen molar-refractivity contribution in [3.05, 3.63) is 132 Å². The fourth-order valence-corrected chi connectivity index (χ4v) is 11.2. The Balaban J connectivity index is 1.15. The summed E-state index contributed by atoms with van der Waals surface area (Å²) in [5.41, 5.74) is 14.1. The Kier molecular flexibility index (Phi) is 4.80. The highest BCUT2D eigenvalue weighted by Gasteiger charge is 2.61. The van der Waals surface area contributed by atoms with Crippen molar-refractivity contribution < 1.29 is 4.74 Å². The maximum Gasteiger partial charge on any atom is 0.135 e. The third-order valence-electron chi connectivity index (χ3n) is 12.5. The van der Waals surface area contributed by atoms with Gasteiger partial charge in [0.15, 0.2) is 0 Å². The molecule has 1 nitrogen and oxygen atoms in total. The van der Waals surface area contributed by atoms with Gasteiger partial charge in [-0.05, 0) is 123 Å². The van der Waals surface area contributed by atoms with E-state index in [2.05, 4.69) is 121 Å². The van der Waals surface area contributed by atoms with Gasteiger partial charge in [-0.15, -0.1) is 0 Å². The van der Waals surface area contributed by atoms with Gasteiger partial charge in [-0.25, -0.2) is 0 Å². The fourth-order valence-electron chi connectivity index (χ4n) is 11.2. The van der Waals surface area contributed by atoms with Gasteiger partial charge >= 0.3 is 0 Å². The van der Waals surface area contributed by atoms with Crippen LogP contribution in [0.15, 0.2) is 121 Å². The molecule has 1 heterocycles. The van der Waals surface area contributed by atoms with Crippen LogP contribution in [0.1, 0.15) is 43.2 Å². The molecule has 4 fully saturated rings. The summed E-state index contributed by atoms with van der Waals surface area (Å²) in [5.74, 6) is 5.31. The number of ether oxygens (including phenoxy) is 1. The van der Waals surface area contributed by atoms with Gasteiger partial charge in [-0.1, -0.05) is 109 Å². The molecule has 0 N–H and O–H groups in total. The Morgan fingerprint density at radius 1 is 0.422 bits per heavy atom. The number of benzene rings is 6. The number of rotatable bonds is 2. The highest BCUT2D eigenvalue weighted by Crippen LogP contribution is 2.70. The predicted octanol–water partition coefficient (Wildman–Crippen LogP) is 11.7. The van der Waals surface area contributed by atoms with Crippen molar-refractivity contribution in [3.63, 3.8) is 0 Å². The normalized spacial score (nSPS) is 26.0. The van der Waals surface area contributed by atoms with Gasteiger partial charge in [0.05, 0.1) is 0 Å². The minimum atomic E-state index is 0.176. The molecule has 1 aliphatic heterocycles. The van der Waals surface area contributed by atoms with Crippen molar-refractivity contribution in [1.82, 2.24) is 0 Å². The second-order valence-electron chi connectivity index (χ2n) is 14.4. The first-order valence-corrected chi connectivity index (χ1v) is 16.9. The van der Waals surface area contributed by atoms with E-state index in [1.54, 1.807) is 11.1 Å². The van der Waals surface area contributed by atoms with Crippen LogP contribution >= 0.6 is 0 Å². The molecule has 0 aromatic heterocycles. The molecule has 6 aromatic rings. The summed E-state index contributed by atoms with van der Waals surface area (Å²) < 4.78 is 6.47. The lowest BCUT2D eigenvalue weighted by Gasteiger charge is -2.61. The molecule has 12 rings (SSSR count). The number of para-hydroxylation sites is 1. The Morgan fingerprint density at radius 3 is 1.82 bits per heavy atom. The van der Waals surface area contributed by atoms with Gasteiger partial charge in [-0.3, -0.25) is 0 Å². The van der Waals surface area contributed by atoms with Crippen LogP contribution in [0, 0.1) is 23.7 Å². The molecule has 4 saturated carbocycles. The predicted molar refractivity (Wildman–Crippen MR) is 184 cm³/mol. The molecule has 4 bridgehead atoms. The van der Waals surface area contributed by atoms with Crippen LogP contribution in [0.25, 0.3) is 55.3 Å². The van der Waals surface area contributed by atoms with E-state index < -0.39 is 0 Å². The molecule has 0 amide bonds. The van der Waals surface area contributed by atoms with Gasteiger partial charge < -0.3 is 4.74 Å². The second kappa shape index (κ2) is 8.76. The van der Waals surface area contributed by atoms with Crippen molar-refractivity contribution >= 4 is 10.8 Å². The lowest BCUT2D eigenvalue weighted by Crippen LogP contribution is -2.55. The molecular formula is C44H34O. The molecule has 1 spiro atoms. The highest BCUT2D eigenvalue weighted by molar-refractivity contribution is 6.11. The Bertz CT molecular complexity index is 2190. The van der Waals surface area contributed by atoms with Gasteiger partial charge in [0.25, 0.3) is 0 Å². The smallest absolute Gasteiger partial charge is 0.135 e. The highest BCUT2D eigenvalue weighted by atomic mass is 16.5. The van der Waals surface area contributed by atoms with Crippen LogP contribution in [-0.2, 0) is 5.41 Å². The summed E-state index contributed by atoms with van der Waals surface area (Å²) in [5, 5.41) is 2.46. The number of hydrogen-bond acceptors (Lipinski definition) is 1. The molecule has 0 atom stereocenters. The lowest BCUT2D eigenvalue weighted by molar-refractivity contribution is -0.0399. The Hall–Kier alpha value is -4.62. The minimum Gasteiger partial charge on any atom is -0.456 e. The van der Waals surface area contributed by atoms with Crippen LogP contribution in [-0.4, -0.2) is 0 Å². The molecular weight excluding hydrogens is 544 g/mol. The van der Waals surface area contributed by atoms with E-state index in [0.717, 1.165) is 35.2 Å². The zero-order chi connectivity index (χ0) is 29.3. The molecule has 0 saturated heterocycles. The average Bonchev–Trinajstić information content (AvgIpc) is 3.38. The molecule has 45 heavy (non-hydrogen) atoms. The van der Waals surface area contributed by atoms with Gasteiger partial charge in [0, 0.05) is 16.4 Å². The third-order valence-corrected chi connectivity index (χ3v) is 12.5. The maximum absolute atomic E-state index is 6.47. The van der Waals surface area contributed by atoms with Crippen molar-refractivity contribution in [1.29, 1.82) is 0 Å². The third kappa shape index (κ3) is 3.09. The molecule has 6 aromatic carbocycles. The molecule has 216 valence electrons. The summed E-state index contributed by atoms with van der Waals surface area (Å²) in [6.45, 7) is 0. The Labute approximate surface area is 264 Å². The van der Waals surface area contributed by atoms with E-state index in [1.807, 2.05) is 0 Å². The van der Waals surface area contributed by atoms with E-state index in [1.165, 1.54) is 87.4 Å². The minimum absolute atomic E-state index is 0.176. The largest absolute Gasteiger partial charge is 0.456 e. The van der Waals surface area contributed by atoms with E-state index in [9.17, 15) is 0 Å². The summed E-state index contributed by atoms with van der Waals surface area (Å²) in [6, 6.07) is 45.5. The molecule has 0 unspecified atom stereocenters. The van der Waals surface area contributed by atoms with Crippen molar-refractivity contribution in [3.8, 4) is 56.0 Å². The van der Waals surface area contributed by atoms with Gasteiger partial charge in [0.2, 0.25) is 0 Å². The molecule has 1 heteroatoms. The second-order valence-corrected chi connectivity index (χ2v) is 14.4. The lowest BCUT2D eigenvalue weighted by atomic mass is 9.43. The standard InChI is InChI=1S/C44H34O/c1-2-10-31(30(9-1)32-19-20-41-43-35(32)13-7-14-36(43)33-11-4-6-18-40(33)45-41)34-15-8-17-39-42(34)37-12-3-5-16-38(37)44(39)28-22-26-21-27(24-28)25-29(44)23-26/h1-20,26-29H,21-25H2. The first-order valence-electron chi connectivity index (χ1n) is 16.9. The van der Waals surface area contributed by atoms with Crippen molar-refractivity contribution in [2.75, 3.05) is 0 Å². The summed E-state index contributed by atoms with van der Waals surface area (Å²) in [7, 11) is 0. The fraction of sp³-hybridized carbons (Fsp3) is 0.227. The number of hydrogen-bond donors (Lipinski definition) is 0. The first-order chi connectivity index (χ1) is 22.3. The first kappa shape index (κ1) is 24.7. The summed E-state index contributed by atoms with van der Waals surface area (Å²) in [6.07, 6.45) is 7.12. The van der Waals surface area contributed by atoms with Crippen LogP contribution in [0.5, 0.6) is 11.5 Å². The number of fused-ring (bicyclic) bond motifs is 5. The van der Waals surface area contributed by atoms with Crippen LogP contribution < -0.4 is 4.74 Å². The summed E-state index contributed by atoms with van der Waals surface area (Å²) in [4.78, 5) is 0. The monoisotopic (exact) mass is 578 g/mol. The molecule has 6 aliphatic rings. The summed E-state index contributed by atoms with van der Waals surface area (Å²) >= 11 is 0. The van der Waals surface area contributed by atoms with Gasteiger partial charge in [0.1, 0.15) is 11.5 Å². The average molecular weight is 579 g/mol. The zero-order valence-corrected chi connectivity index (χ0v) is 25.3. The van der Waals surface area contributed by atoms with E-state index in [-0.39, 0.29) is 5.41 Å². The van der Waals surface area contributed by atoms with Crippen LogP contribution in [0.2, 0.25) is 0 Å². The Morgan fingerprint density at radius 2 is 1.02 bits per heavy atom. The van der Waals surface area contributed by atoms with E-state index in [4.69, 9.17) is 4.74 Å². The quantitative estimate of drug-likeness (QED) is 0.198. The SMILES string of the molecule is c1ccc2c(c1)Oc1ccc(-c3ccccc3-c3cccc4c3-c3ccccc3C43C4CC5CC(C4)CC3C5)c3cccc-2c13. The van der Waals surface area contributed by atoms with Crippen molar-refractivity contribution in [2.24, 2.45) is 23.7 Å². The van der Waals surface area contributed by atoms with Crippen LogP contribution in [0.4, 0.5) is 0 Å². The molecule has 5 aliphatic carbocycles.